The number of hydrogen-bond donors (Lipinski definition) is 0. The molecule has 25 heavy (non-hydrogen) atoms. The van der Waals surface area contributed by atoms with Gasteiger partial charge in [-0.05, 0) is 79.3 Å². The lowest BCUT2D eigenvalue weighted by atomic mass is 9.77. The molecule has 1 aliphatic carbocycles. The fraction of sp³-hybridized carbons (Fsp3) is 0.217. The first-order valence-electron chi connectivity index (χ1n) is 8.76. The van der Waals surface area contributed by atoms with E-state index in [1.807, 2.05) is 11.3 Å². The molecule has 0 saturated heterocycles. The van der Waals surface area contributed by atoms with E-state index in [2.05, 4.69) is 88.0 Å². The SMILES string of the molecule is Cc1cc2c(cc1C)C(C)C2.[SH2+]c1ccc2sc3ccccc3c2c1. The summed E-state index contributed by atoms with van der Waals surface area (Å²) < 4.78 is 2.72. The maximum atomic E-state index is 3.56. The van der Waals surface area contributed by atoms with E-state index in [1.165, 1.54) is 37.7 Å². The molecule has 1 heterocycles. The van der Waals surface area contributed by atoms with Crippen LogP contribution in [0.2, 0.25) is 0 Å². The van der Waals surface area contributed by atoms with Crippen LogP contribution < -0.4 is 0 Å². The Morgan fingerprint density at radius 3 is 2.40 bits per heavy atom. The van der Waals surface area contributed by atoms with Crippen LogP contribution in [0, 0.1) is 13.8 Å². The normalized spacial score (nSPS) is 15.4. The second-order valence-corrected chi connectivity index (χ2v) is 8.71. The number of thiophene rings is 1. The Morgan fingerprint density at radius 2 is 1.60 bits per heavy atom. The fourth-order valence-electron chi connectivity index (χ4n) is 3.57. The zero-order chi connectivity index (χ0) is 17.6. The Hall–Kier alpha value is -1.77. The predicted molar refractivity (Wildman–Crippen MR) is 116 cm³/mol. The van der Waals surface area contributed by atoms with Crippen LogP contribution in [0.4, 0.5) is 0 Å². The van der Waals surface area contributed by atoms with Crippen molar-refractivity contribution in [2.45, 2.75) is 38.0 Å². The van der Waals surface area contributed by atoms with E-state index in [9.17, 15) is 0 Å². The Morgan fingerprint density at radius 1 is 0.880 bits per heavy atom. The van der Waals surface area contributed by atoms with Gasteiger partial charge in [0.2, 0.25) is 0 Å². The highest BCUT2D eigenvalue weighted by Crippen LogP contribution is 2.36. The molecule has 4 aromatic rings. The molecule has 0 aliphatic heterocycles. The first kappa shape index (κ1) is 16.7. The first-order chi connectivity index (χ1) is 12.0. The van der Waals surface area contributed by atoms with Gasteiger partial charge in [0.05, 0.1) is 0 Å². The van der Waals surface area contributed by atoms with E-state index in [0.29, 0.717) is 0 Å². The summed E-state index contributed by atoms with van der Waals surface area (Å²) in [6.45, 7) is 6.69. The van der Waals surface area contributed by atoms with Crippen LogP contribution in [-0.2, 0) is 19.0 Å². The Labute approximate surface area is 158 Å². The topological polar surface area (TPSA) is 0 Å². The van der Waals surface area contributed by atoms with Crippen molar-refractivity contribution >= 4 is 44.1 Å². The van der Waals surface area contributed by atoms with Gasteiger partial charge in [-0.1, -0.05) is 37.3 Å². The first-order valence-corrected chi connectivity index (χ1v) is 10.1. The van der Waals surface area contributed by atoms with Crippen molar-refractivity contribution in [2.75, 3.05) is 0 Å². The van der Waals surface area contributed by atoms with Crippen LogP contribution in [0.25, 0.3) is 20.2 Å². The van der Waals surface area contributed by atoms with E-state index < -0.39 is 0 Å². The molecule has 2 heteroatoms. The molecule has 3 aromatic carbocycles. The van der Waals surface area contributed by atoms with Gasteiger partial charge in [0.1, 0.15) is 0 Å². The summed E-state index contributed by atoms with van der Waals surface area (Å²) in [5, 5.41) is 2.70. The average Bonchev–Trinajstić information content (AvgIpc) is 2.96. The molecule has 1 aromatic heterocycles. The van der Waals surface area contributed by atoms with Gasteiger partial charge in [-0.2, -0.15) is 0 Å². The highest BCUT2D eigenvalue weighted by molar-refractivity contribution is 7.58. The van der Waals surface area contributed by atoms with Gasteiger partial charge in [-0.15, -0.1) is 11.3 Å². The summed E-state index contributed by atoms with van der Waals surface area (Å²) in [4.78, 5) is 1.14. The van der Waals surface area contributed by atoms with E-state index in [1.54, 1.807) is 11.1 Å². The minimum absolute atomic E-state index is 0.810. The molecular weight excluding hydrogens is 340 g/mol. The van der Waals surface area contributed by atoms with Gasteiger partial charge in [0.25, 0.3) is 0 Å². The summed E-state index contributed by atoms with van der Waals surface area (Å²) in [7, 11) is 0. The van der Waals surface area contributed by atoms with Crippen LogP contribution in [0.15, 0.2) is 59.5 Å². The molecule has 126 valence electrons. The maximum Gasteiger partial charge on any atom is 0.151 e. The zero-order valence-corrected chi connectivity index (χ0v) is 16.7. The molecule has 0 saturated carbocycles. The molecule has 0 spiro atoms. The standard InChI is InChI=1S/C12H8S2.C11H14/c13-8-5-6-12-10(7-8)9-3-1-2-4-11(9)14-12;1-7-4-10-5-9(3)11(10)6-8(7)2/h1-7,13H;4,6,9H,5H2,1-3H3/p+1. The van der Waals surface area contributed by atoms with Crippen LogP contribution in [0.3, 0.4) is 0 Å². The third kappa shape index (κ3) is 3.09. The number of benzene rings is 3. The number of aryl methyl sites for hydroxylation is 2. The lowest BCUT2D eigenvalue weighted by Crippen LogP contribution is -2.14. The fourth-order valence-corrected chi connectivity index (χ4v) is 4.88. The van der Waals surface area contributed by atoms with Crippen molar-refractivity contribution < 1.29 is 0 Å². The van der Waals surface area contributed by atoms with Crippen molar-refractivity contribution in [3.05, 3.63) is 76.9 Å². The smallest absolute Gasteiger partial charge is 0.135 e. The summed E-state index contributed by atoms with van der Waals surface area (Å²) in [6, 6.07) is 19.7. The Kier molecular flexibility index (Phi) is 4.35. The van der Waals surface area contributed by atoms with E-state index >= 15 is 0 Å². The molecule has 1 aliphatic rings. The average molecular weight is 364 g/mol. The van der Waals surface area contributed by atoms with Gasteiger partial charge in [0.15, 0.2) is 4.90 Å². The lowest BCUT2D eigenvalue weighted by Gasteiger charge is -2.28. The molecule has 1 unspecified atom stereocenters. The molecule has 0 radical (unpaired) electrons. The van der Waals surface area contributed by atoms with Gasteiger partial charge in [-0.25, -0.2) is 0 Å². The third-order valence-electron chi connectivity index (χ3n) is 5.19. The van der Waals surface area contributed by atoms with E-state index in [0.717, 1.165) is 10.8 Å². The molecule has 1 atom stereocenters. The van der Waals surface area contributed by atoms with Crippen LogP contribution in [0.5, 0.6) is 0 Å². The molecule has 0 fully saturated rings. The van der Waals surface area contributed by atoms with Crippen LogP contribution >= 0.6 is 11.3 Å². The van der Waals surface area contributed by atoms with Crippen molar-refractivity contribution in [1.82, 2.24) is 0 Å². The van der Waals surface area contributed by atoms with Crippen molar-refractivity contribution in [3.8, 4) is 0 Å². The predicted octanol–water partition coefficient (Wildman–Crippen LogP) is 6.39. The van der Waals surface area contributed by atoms with Gasteiger partial charge >= 0.3 is 0 Å². The number of fused-ring (bicyclic) bond motifs is 4. The number of hydrogen-bond acceptors (Lipinski definition) is 1. The maximum absolute atomic E-state index is 3.56. The third-order valence-corrected chi connectivity index (χ3v) is 6.65. The zero-order valence-electron chi connectivity index (χ0n) is 14.9. The quantitative estimate of drug-likeness (QED) is 0.318. The van der Waals surface area contributed by atoms with Gasteiger partial charge < -0.3 is 0 Å². The second-order valence-electron chi connectivity index (χ2n) is 7.05. The number of rotatable bonds is 0. The molecule has 0 nitrogen and oxygen atoms in total. The van der Waals surface area contributed by atoms with Gasteiger partial charge in [0, 0.05) is 26.2 Å². The minimum Gasteiger partial charge on any atom is -0.135 e. The van der Waals surface area contributed by atoms with Gasteiger partial charge in [-0.3, -0.25) is 0 Å². The van der Waals surface area contributed by atoms with Crippen molar-refractivity contribution in [1.29, 1.82) is 0 Å². The molecular formula is C23H23S2+. The summed E-state index contributed by atoms with van der Waals surface area (Å²) in [5.41, 5.74) is 6.03. The monoisotopic (exact) mass is 363 g/mol. The van der Waals surface area contributed by atoms with E-state index in [4.69, 9.17) is 0 Å². The van der Waals surface area contributed by atoms with Crippen molar-refractivity contribution in [2.24, 2.45) is 0 Å². The van der Waals surface area contributed by atoms with Crippen molar-refractivity contribution in [3.63, 3.8) is 0 Å². The van der Waals surface area contributed by atoms with Crippen LogP contribution in [0.1, 0.15) is 35.1 Å². The second kappa shape index (κ2) is 6.51. The molecule has 0 bridgehead atoms. The largest absolute Gasteiger partial charge is 0.151 e. The summed E-state index contributed by atoms with van der Waals surface area (Å²) in [5.74, 6) is 0.810. The Balaban J connectivity index is 0.000000129. The summed E-state index contributed by atoms with van der Waals surface area (Å²) >= 11 is 5.41. The van der Waals surface area contributed by atoms with Crippen LogP contribution in [-0.4, -0.2) is 0 Å². The molecule has 0 amide bonds. The minimum atomic E-state index is 0.810. The molecule has 0 N–H and O–H groups in total. The Bertz CT molecular complexity index is 1070. The molecule has 5 rings (SSSR count). The highest BCUT2D eigenvalue weighted by atomic mass is 32.1. The lowest BCUT2D eigenvalue weighted by molar-refractivity contribution is 0.665. The summed E-state index contributed by atoms with van der Waals surface area (Å²) in [6.07, 6.45) is 1.29. The highest BCUT2D eigenvalue weighted by Gasteiger charge is 2.21. The van der Waals surface area contributed by atoms with E-state index in [-0.39, 0.29) is 0 Å².